The van der Waals surface area contributed by atoms with Crippen LogP contribution in [0.3, 0.4) is 0 Å². The maximum Gasteiger partial charge on any atom is 0.123 e. The van der Waals surface area contributed by atoms with Crippen molar-refractivity contribution < 1.29 is 13.5 Å². The molecule has 2 aromatic rings. The molecule has 1 aromatic carbocycles. The Morgan fingerprint density at radius 1 is 1.25 bits per heavy atom. The summed E-state index contributed by atoms with van der Waals surface area (Å²) in [6, 6.07) is 10.5. The van der Waals surface area contributed by atoms with Crippen LogP contribution in [0.2, 0.25) is 0 Å². The summed E-state index contributed by atoms with van der Waals surface area (Å²) >= 11 is 0. The molecule has 20 heavy (non-hydrogen) atoms. The molecule has 1 aromatic heterocycles. The maximum atomic E-state index is 13.0. The molecule has 0 saturated carbocycles. The first-order valence-corrected chi connectivity index (χ1v) is 6.77. The van der Waals surface area contributed by atoms with Gasteiger partial charge in [-0.25, -0.2) is 4.39 Å². The van der Waals surface area contributed by atoms with Gasteiger partial charge in [-0.2, -0.15) is 0 Å². The van der Waals surface area contributed by atoms with Crippen LogP contribution in [0.25, 0.3) is 0 Å². The molecule has 0 bridgehead atoms. The van der Waals surface area contributed by atoms with Crippen molar-refractivity contribution in [3.8, 4) is 0 Å². The van der Waals surface area contributed by atoms with Gasteiger partial charge in [-0.15, -0.1) is 0 Å². The summed E-state index contributed by atoms with van der Waals surface area (Å²) in [5.41, 5.74) is 1.10. The second-order valence-electron chi connectivity index (χ2n) is 4.73. The largest absolute Gasteiger partial charge is 0.469 e. The standard InChI is InChI=1S/C16H20FNO2/c1-19-10-8-18-12-14(11-16-3-2-9-20-16)13-4-6-15(17)7-5-13/h2-7,9,14,18H,8,10-12H2,1H3. The van der Waals surface area contributed by atoms with E-state index in [1.54, 1.807) is 13.4 Å². The Balaban J connectivity index is 2.00. The SMILES string of the molecule is COCCNCC(Cc1ccco1)c1ccc(F)cc1. The van der Waals surface area contributed by atoms with E-state index in [0.29, 0.717) is 6.61 Å². The van der Waals surface area contributed by atoms with Gasteiger partial charge in [0.2, 0.25) is 0 Å². The molecule has 1 N–H and O–H groups in total. The quantitative estimate of drug-likeness (QED) is 0.753. The molecule has 2 rings (SSSR count). The van der Waals surface area contributed by atoms with Gasteiger partial charge in [0.15, 0.2) is 0 Å². The van der Waals surface area contributed by atoms with E-state index >= 15 is 0 Å². The maximum absolute atomic E-state index is 13.0. The number of ether oxygens (including phenoxy) is 1. The first-order chi connectivity index (χ1) is 9.79. The molecule has 0 aliphatic heterocycles. The van der Waals surface area contributed by atoms with E-state index in [2.05, 4.69) is 5.32 Å². The zero-order chi connectivity index (χ0) is 14.2. The summed E-state index contributed by atoms with van der Waals surface area (Å²) in [5.74, 6) is 0.976. The molecule has 4 heteroatoms. The molecule has 0 aliphatic rings. The average molecular weight is 277 g/mol. The highest BCUT2D eigenvalue weighted by atomic mass is 19.1. The van der Waals surface area contributed by atoms with Crippen molar-refractivity contribution in [3.05, 3.63) is 59.8 Å². The van der Waals surface area contributed by atoms with E-state index in [4.69, 9.17) is 9.15 Å². The van der Waals surface area contributed by atoms with Gasteiger partial charge >= 0.3 is 0 Å². The second kappa shape index (κ2) is 7.82. The normalized spacial score (nSPS) is 12.5. The van der Waals surface area contributed by atoms with Crippen LogP contribution >= 0.6 is 0 Å². The van der Waals surface area contributed by atoms with Gasteiger partial charge in [-0.3, -0.25) is 0 Å². The highest BCUT2D eigenvalue weighted by Gasteiger charge is 2.14. The molecule has 0 saturated heterocycles. The van der Waals surface area contributed by atoms with Crippen molar-refractivity contribution >= 4 is 0 Å². The van der Waals surface area contributed by atoms with Gasteiger partial charge in [0.25, 0.3) is 0 Å². The smallest absolute Gasteiger partial charge is 0.123 e. The van der Waals surface area contributed by atoms with Crippen LogP contribution in [0.1, 0.15) is 17.2 Å². The number of benzene rings is 1. The van der Waals surface area contributed by atoms with Crippen molar-refractivity contribution in [3.63, 3.8) is 0 Å². The molecular weight excluding hydrogens is 257 g/mol. The summed E-state index contributed by atoms with van der Waals surface area (Å²) in [7, 11) is 1.68. The summed E-state index contributed by atoms with van der Waals surface area (Å²) in [4.78, 5) is 0. The van der Waals surface area contributed by atoms with Crippen molar-refractivity contribution in [2.24, 2.45) is 0 Å². The number of methoxy groups -OCH3 is 1. The minimum atomic E-state index is -0.210. The molecule has 0 amide bonds. The van der Waals surface area contributed by atoms with Crippen molar-refractivity contribution in [2.45, 2.75) is 12.3 Å². The highest BCUT2D eigenvalue weighted by Crippen LogP contribution is 2.21. The van der Waals surface area contributed by atoms with Gasteiger partial charge in [0, 0.05) is 32.5 Å². The molecule has 0 spiro atoms. The van der Waals surface area contributed by atoms with E-state index in [-0.39, 0.29) is 11.7 Å². The fourth-order valence-electron chi connectivity index (χ4n) is 2.16. The Kier molecular flexibility index (Phi) is 5.77. The zero-order valence-electron chi connectivity index (χ0n) is 11.6. The van der Waals surface area contributed by atoms with E-state index in [0.717, 1.165) is 30.8 Å². The number of halogens is 1. The zero-order valence-corrected chi connectivity index (χ0v) is 11.6. The first kappa shape index (κ1) is 14.8. The minimum absolute atomic E-state index is 0.210. The molecule has 1 heterocycles. The monoisotopic (exact) mass is 277 g/mol. The van der Waals surface area contributed by atoms with Gasteiger partial charge in [-0.1, -0.05) is 12.1 Å². The van der Waals surface area contributed by atoms with E-state index in [1.807, 2.05) is 24.3 Å². The van der Waals surface area contributed by atoms with Crippen LogP contribution in [0, 0.1) is 5.82 Å². The Labute approximate surface area is 118 Å². The van der Waals surface area contributed by atoms with Crippen molar-refractivity contribution in [1.29, 1.82) is 0 Å². The van der Waals surface area contributed by atoms with Crippen LogP contribution in [-0.2, 0) is 11.2 Å². The molecule has 3 nitrogen and oxygen atoms in total. The van der Waals surface area contributed by atoms with Crippen LogP contribution in [0.15, 0.2) is 47.1 Å². The summed E-state index contributed by atoms with van der Waals surface area (Å²) < 4.78 is 23.5. The Morgan fingerprint density at radius 3 is 2.70 bits per heavy atom. The van der Waals surface area contributed by atoms with Gasteiger partial charge in [0.05, 0.1) is 12.9 Å². The van der Waals surface area contributed by atoms with E-state index in [9.17, 15) is 4.39 Å². The van der Waals surface area contributed by atoms with Crippen molar-refractivity contribution in [2.75, 3.05) is 26.8 Å². The Morgan fingerprint density at radius 2 is 2.05 bits per heavy atom. The highest BCUT2D eigenvalue weighted by molar-refractivity contribution is 5.22. The predicted molar refractivity (Wildman–Crippen MR) is 76.3 cm³/mol. The first-order valence-electron chi connectivity index (χ1n) is 6.77. The third-order valence-electron chi connectivity index (χ3n) is 3.24. The second-order valence-corrected chi connectivity index (χ2v) is 4.73. The molecule has 0 fully saturated rings. The Hall–Kier alpha value is -1.65. The topological polar surface area (TPSA) is 34.4 Å². The summed E-state index contributed by atoms with van der Waals surface area (Å²) in [6.07, 6.45) is 2.47. The lowest BCUT2D eigenvalue weighted by atomic mass is 9.94. The van der Waals surface area contributed by atoms with Crippen LogP contribution in [0.4, 0.5) is 4.39 Å². The fraction of sp³-hybridized carbons (Fsp3) is 0.375. The van der Waals surface area contributed by atoms with Crippen LogP contribution in [-0.4, -0.2) is 26.8 Å². The number of furan rings is 1. The third kappa shape index (κ3) is 4.47. The van der Waals surface area contributed by atoms with Crippen molar-refractivity contribution in [1.82, 2.24) is 5.32 Å². The predicted octanol–water partition coefficient (Wildman–Crippen LogP) is 2.98. The van der Waals surface area contributed by atoms with Gasteiger partial charge < -0.3 is 14.5 Å². The minimum Gasteiger partial charge on any atom is -0.469 e. The average Bonchev–Trinajstić information content (AvgIpc) is 2.96. The lowest BCUT2D eigenvalue weighted by Crippen LogP contribution is -2.26. The van der Waals surface area contributed by atoms with E-state index in [1.165, 1.54) is 12.1 Å². The van der Waals surface area contributed by atoms with Crippen LogP contribution < -0.4 is 5.32 Å². The van der Waals surface area contributed by atoms with Crippen LogP contribution in [0.5, 0.6) is 0 Å². The number of rotatable bonds is 8. The third-order valence-corrected chi connectivity index (χ3v) is 3.24. The molecule has 0 radical (unpaired) electrons. The molecular formula is C16H20FNO2. The molecule has 0 aliphatic carbocycles. The fourth-order valence-corrected chi connectivity index (χ4v) is 2.16. The van der Waals surface area contributed by atoms with Gasteiger partial charge in [-0.05, 0) is 29.8 Å². The van der Waals surface area contributed by atoms with E-state index < -0.39 is 0 Å². The number of hydrogen-bond donors (Lipinski definition) is 1. The lowest BCUT2D eigenvalue weighted by molar-refractivity contribution is 0.199. The van der Waals surface area contributed by atoms with Gasteiger partial charge in [0.1, 0.15) is 11.6 Å². The Bertz CT molecular complexity index is 482. The number of hydrogen-bond acceptors (Lipinski definition) is 3. The summed E-state index contributed by atoms with van der Waals surface area (Å²) in [6.45, 7) is 2.28. The lowest BCUT2D eigenvalue weighted by Gasteiger charge is -2.17. The molecule has 108 valence electrons. The molecule has 1 atom stereocenters. The number of nitrogens with one attached hydrogen (secondary N) is 1. The summed E-state index contributed by atoms with van der Waals surface area (Å²) in [5, 5.41) is 3.35. The molecule has 1 unspecified atom stereocenters.